The number of ether oxygens (including phenoxy) is 3. The number of aryl methyl sites for hydroxylation is 1. The number of nitro benzene ring substituents is 1. The van der Waals surface area contributed by atoms with Crippen LogP contribution in [0.4, 0.5) is 5.69 Å². The van der Waals surface area contributed by atoms with Gasteiger partial charge in [0, 0.05) is 18.7 Å². The maximum atomic E-state index is 11.1. The smallest absolute Gasteiger partial charge is 0.269 e. The lowest BCUT2D eigenvalue weighted by atomic mass is 9.93. The van der Waals surface area contributed by atoms with Crippen LogP contribution in [0.5, 0.6) is 0 Å². The Hall–Kier alpha value is -1.80. The summed E-state index contributed by atoms with van der Waals surface area (Å²) in [5, 5.41) is 22.2. The molecule has 3 unspecified atom stereocenters. The number of nitro groups is 1. The van der Waals surface area contributed by atoms with Crippen LogP contribution in [0.25, 0.3) is 0 Å². The molecule has 3 rings (SSSR count). The molecule has 26 heavy (non-hydrogen) atoms. The third kappa shape index (κ3) is 4.48. The average Bonchev–Trinajstić information content (AvgIpc) is 2.67. The molecule has 0 amide bonds. The van der Waals surface area contributed by atoms with Crippen LogP contribution in [0.3, 0.4) is 0 Å². The molecule has 0 aromatic heterocycles. The number of aliphatic hydroxyl groups is 1. The van der Waals surface area contributed by atoms with E-state index in [0.717, 1.165) is 37.0 Å². The molecule has 3 atom stereocenters. The average molecular weight is 363 g/mol. The van der Waals surface area contributed by atoms with Gasteiger partial charge in [-0.3, -0.25) is 10.1 Å². The monoisotopic (exact) mass is 363 g/mol. The highest BCUT2D eigenvalue weighted by Crippen LogP contribution is 2.32. The molecule has 1 saturated heterocycles. The first kappa shape index (κ1) is 19.0. The molecule has 1 aromatic rings. The Morgan fingerprint density at radius 3 is 2.85 bits per heavy atom. The van der Waals surface area contributed by atoms with Gasteiger partial charge < -0.3 is 19.3 Å². The van der Waals surface area contributed by atoms with Gasteiger partial charge in [0.1, 0.15) is 12.2 Å². The van der Waals surface area contributed by atoms with Crippen molar-refractivity contribution in [3.8, 4) is 0 Å². The van der Waals surface area contributed by atoms with Crippen molar-refractivity contribution in [2.24, 2.45) is 0 Å². The molecule has 2 heterocycles. The molecule has 1 N–H and O–H groups in total. The third-order valence-corrected chi connectivity index (χ3v) is 4.84. The van der Waals surface area contributed by atoms with Crippen molar-refractivity contribution in [1.29, 1.82) is 0 Å². The zero-order valence-corrected chi connectivity index (χ0v) is 14.9. The van der Waals surface area contributed by atoms with Gasteiger partial charge in [0.25, 0.3) is 5.69 Å². The fourth-order valence-corrected chi connectivity index (χ4v) is 3.39. The molecule has 0 spiro atoms. The van der Waals surface area contributed by atoms with Crippen molar-refractivity contribution >= 4 is 5.69 Å². The Kier molecular flexibility index (Phi) is 6.37. The van der Waals surface area contributed by atoms with Gasteiger partial charge in [-0.1, -0.05) is 12.1 Å². The van der Waals surface area contributed by atoms with E-state index >= 15 is 0 Å². The number of non-ortho nitro benzene ring substituents is 1. The number of nitrogens with zero attached hydrogens (tertiary/aromatic N) is 1. The SMILES string of the molecule is Cc1ccc([N+](=O)[O-])cc1C(O)C(OC1CCCOC1)C1=CCCOC1. The Labute approximate surface area is 152 Å². The second-order valence-electron chi connectivity index (χ2n) is 6.76. The van der Waals surface area contributed by atoms with Gasteiger partial charge in [-0.05, 0) is 42.9 Å². The predicted molar refractivity (Wildman–Crippen MR) is 95.0 cm³/mol. The predicted octanol–water partition coefficient (Wildman–Crippen LogP) is 2.85. The van der Waals surface area contributed by atoms with Crippen molar-refractivity contribution < 1.29 is 24.2 Å². The highest BCUT2D eigenvalue weighted by atomic mass is 16.6. The third-order valence-electron chi connectivity index (χ3n) is 4.84. The Balaban J connectivity index is 1.88. The topological polar surface area (TPSA) is 91.1 Å². The molecule has 0 radical (unpaired) electrons. The minimum Gasteiger partial charge on any atom is -0.385 e. The van der Waals surface area contributed by atoms with Crippen LogP contribution in [-0.4, -0.2) is 48.7 Å². The molecule has 0 bridgehead atoms. The molecule has 2 aliphatic rings. The second kappa shape index (κ2) is 8.73. The van der Waals surface area contributed by atoms with Gasteiger partial charge in [0.2, 0.25) is 0 Å². The zero-order valence-electron chi connectivity index (χ0n) is 14.9. The zero-order chi connectivity index (χ0) is 18.5. The molecule has 1 aromatic carbocycles. The number of aliphatic hydroxyl groups excluding tert-OH is 1. The number of rotatable bonds is 6. The Morgan fingerprint density at radius 1 is 1.35 bits per heavy atom. The van der Waals surface area contributed by atoms with E-state index in [-0.39, 0.29) is 11.8 Å². The summed E-state index contributed by atoms with van der Waals surface area (Å²) >= 11 is 0. The fraction of sp³-hybridized carbons (Fsp3) is 0.579. The van der Waals surface area contributed by atoms with Gasteiger partial charge >= 0.3 is 0 Å². The number of benzene rings is 1. The maximum absolute atomic E-state index is 11.1. The number of hydrogen-bond donors (Lipinski definition) is 1. The summed E-state index contributed by atoms with van der Waals surface area (Å²) in [5.41, 5.74) is 2.12. The fourth-order valence-electron chi connectivity index (χ4n) is 3.39. The first-order valence-corrected chi connectivity index (χ1v) is 8.99. The van der Waals surface area contributed by atoms with E-state index in [4.69, 9.17) is 14.2 Å². The molecule has 7 heteroatoms. The van der Waals surface area contributed by atoms with Gasteiger partial charge in [-0.2, -0.15) is 0 Å². The van der Waals surface area contributed by atoms with E-state index in [1.54, 1.807) is 6.07 Å². The van der Waals surface area contributed by atoms with Gasteiger partial charge in [0.15, 0.2) is 0 Å². The molecular weight excluding hydrogens is 338 g/mol. The van der Waals surface area contributed by atoms with Crippen LogP contribution in [0.1, 0.15) is 36.5 Å². The summed E-state index contributed by atoms with van der Waals surface area (Å²) in [6.45, 7) is 4.08. The highest BCUT2D eigenvalue weighted by Gasteiger charge is 2.32. The summed E-state index contributed by atoms with van der Waals surface area (Å²) in [6.07, 6.45) is 2.85. The van der Waals surface area contributed by atoms with Crippen LogP contribution < -0.4 is 0 Å². The lowest BCUT2D eigenvalue weighted by molar-refractivity contribution is -0.385. The van der Waals surface area contributed by atoms with Crippen molar-refractivity contribution in [3.63, 3.8) is 0 Å². The van der Waals surface area contributed by atoms with Crippen LogP contribution in [0.15, 0.2) is 29.8 Å². The lowest BCUT2D eigenvalue weighted by Gasteiger charge is -2.33. The van der Waals surface area contributed by atoms with Gasteiger partial charge in [-0.25, -0.2) is 0 Å². The quantitative estimate of drug-likeness (QED) is 0.475. The summed E-state index contributed by atoms with van der Waals surface area (Å²) in [4.78, 5) is 10.7. The Bertz CT molecular complexity index is 668. The summed E-state index contributed by atoms with van der Waals surface area (Å²) in [5.74, 6) is 0. The van der Waals surface area contributed by atoms with Crippen LogP contribution in [-0.2, 0) is 14.2 Å². The first-order valence-electron chi connectivity index (χ1n) is 8.99. The van der Waals surface area contributed by atoms with Crippen molar-refractivity contribution in [1.82, 2.24) is 0 Å². The normalized spacial score (nSPS) is 23.2. The van der Waals surface area contributed by atoms with E-state index < -0.39 is 17.1 Å². The van der Waals surface area contributed by atoms with Crippen LogP contribution in [0.2, 0.25) is 0 Å². The minimum absolute atomic E-state index is 0.0433. The number of hydrogen-bond acceptors (Lipinski definition) is 6. The van der Waals surface area contributed by atoms with E-state index in [9.17, 15) is 15.2 Å². The molecule has 142 valence electrons. The first-order chi connectivity index (χ1) is 12.6. The van der Waals surface area contributed by atoms with E-state index in [1.165, 1.54) is 12.1 Å². The molecule has 7 nitrogen and oxygen atoms in total. The Morgan fingerprint density at radius 2 is 2.19 bits per heavy atom. The molecule has 0 saturated carbocycles. The largest absolute Gasteiger partial charge is 0.385 e. The molecular formula is C19H25NO6. The summed E-state index contributed by atoms with van der Waals surface area (Å²) in [6, 6.07) is 4.53. The van der Waals surface area contributed by atoms with Gasteiger partial charge in [0.05, 0.1) is 30.8 Å². The van der Waals surface area contributed by atoms with Gasteiger partial charge in [-0.15, -0.1) is 0 Å². The summed E-state index contributed by atoms with van der Waals surface area (Å²) in [7, 11) is 0. The van der Waals surface area contributed by atoms with Crippen molar-refractivity contribution in [3.05, 3.63) is 51.1 Å². The van der Waals surface area contributed by atoms with E-state index in [0.29, 0.717) is 25.4 Å². The minimum atomic E-state index is -1.01. The second-order valence-corrected chi connectivity index (χ2v) is 6.76. The molecule has 0 aliphatic carbocycles. The van der Waals surface area contributed by atoms with Crippen molar-refractivity contribution in [2.45, 2.75) is 44.5 Å². The molecule has 2 aliphatic heterocycles. The van der Waals surface area contributed by atoms with Crippen molar-refractivity contribution in [2.75, 3.05) is 26.4 Å². The maximum Gasteiger partial charge on any atom is 0.269 e. The van der Waals surface area contributed by atoms with E-state index in [1.807, 2.05) is 13.0 Å². The summed E-state index contributed by atoms with van der Waals surface area (Å²) < 4.78 is 17.2. The highest BCUT2D eigenvalue weighted by molar-refractivity contribution is 5.41. The van der Waals surface area contributed by atoms with Crippen LogP contribution >= 0.6 is 0 Å². The standard InChI is InChI=1S/C19H25NO6/c1-13-6-7-15(20(22)23)10-17(13)18(21)19(14-4-2-8-24-11-14)26-16-5-3-9-25-12-16/h4,6-7,10,16,18-19,21H,2-3,5,8-9,11-12H2,1H3. The van der Waals surface area contributed by atoms with E-state index in [2.05, 4.69) is 0 Å². The molecule has 1 fully saturated rings. The lowest BCUT2D eigenvalue weighted by Crippen LogP contribution is -2.36. The van der Waals surface area contributed by atoms with Crippen LogP contribution in [0, 0.1) is 17.0 Å².